The second-order valence-electron chi connectivity index (χ2n) is 6.58. The van der Waals surface area contributed by atoms with Gasteiger partial charge in [-0.2, -0.15) is 0 Å². The van der Waals surface area contributed by atoms with Crippen LogP contribution in [-0.2, 0) is 4.79 Å². The van der Waals surface area contributed by atoms with Crippen LogP contribution in [0.25, 0.3) is 0 Å². The van der Waals surface area contributed by atoms with E-state index in [4.69, 9.17) is 16.3 Å². The first-order valence-corrected chi connectivity index (χ1v) is 9.23. The fraction of sp³-hybridized carbons (Fsp3) is 0.611. The van der Waals surface area contributed by atoms with Gasteiger partial charge in [-0.25, -0.2) is 0 Å². The molecule has 1 aromatic carbocycles. The maximum atomic E-state index is 12.1. The second kappa shape index (κ2) is 10.2. The zero-order valence-corrected chi connectivity index (χ0v) is 16.0. The number of ether oxygens (including phenoxy) is 1. The van der Waals surface area contributed by atoms with Gasteiger partial charge in [0.25, 0.3) is 0 Å². The molecule has 1 atom stereocenters. The molecule has 25 heavy (non-hydrogen) atoms. The van der Waals surface area contributed by atoms with Gasteiger partial charge in [0.15, 0.2) is 0 Å². The highest BCUT2D eigenvalue weighted by molar-refractivity contribution is 6.30. The highest BCUT2D eigenvalue weighted by Crippen LogP contribution is 2.16. The number of nitrogens with zero attached hydrogens (tertiary/aromatic N) is 1. The molecule has 0 aliphatic carbocycles. The van der Waals surface area contributed by atoms with Crippen molar-refractivity contribution in [1.82, 2.24) is 15.5 Å². The zero-order valence-electron chi connectivity index (χ0n) is 14.4. The Kier molecular flexibility index (Phi) is 8.30. The average molecular weight is 388 g/mol. The molecule has 0 aromatic heterocycles. The molecular weight excluding hydrogens is 361 g/mol. The van der Waals surface area contributed by atoms with Crippen LogP contribution in [0.1, 0.15) is 25.7 Å². The third kappa shape index (κ3) is 6.33. The molecule has 0 radical (unpaired) electrons. The monoisotopic (exact) mass is 387 g/mol. The molecule has 7 heteroatoms. The van der Waals surface area contributed by atoms with E-state index in [-0.39, 0.29) is 24.4 Å². The van der Waals surface area contributed by atoms with Gasteiger partial charge in [-0.3, -0.25) is 9.69 Å². The molecule has 2 fully saturated rings. The largest absolute Gasteiger partial charge is 0.492 e. The molecule has 1 amide bonds. The third-order valence-electron chi connectivity index (χ3n) is 4.80. The highest BCUT2D eigenvalue weighted by Gasteiger charge is 2.26. The first kappa shape index (κ1) is 20.3. The summed E-state index contributed by atoms with van der Waals surface area (Å²) in [6, 6.07) is 7.79. The Hall–Kier alpha value is -1.01. The topological polar surface area (TPSA) is 53.6 Å². The van der Waals surface area contributed by atoms with E-state index in [0.717, 1.165) is 62.6 Å². The lowest BCUT2D eigenvalue weighted by molar-refractivity contribution is -0.123. The lowest BCUT2D eigenvalue weighted by Crippen LogP contribution is -2.49. The molecule has 2 N–H and O–H groups in total. The molecular formula is C18H27Cl2N3O2. The van der Waals surface area contributed by atoms with E-state index in [1.165, 1.54) is 0 Å². The van der Waals surface area contributed by atoms with Gasteiger partial charge in [-0.05, 0) is 56.5 Å². The Labute approximate surface area is 160 Å². The number of hydrogen-bond acceptors (Lipinski definition) is 4. The molecule has 2 heterocycles. The van der Waals surface area contributed by atoms with E-state index in [9.17, 15) is 4.79 Å². The molecule has 5 nitrogen and oxygen atoms in total. The van der Waals surface area contributed by atoms with Crippen LogP contribution in [0.2, 0.25) is 5.02 Å². The van der Waals surface area contributed by atoms with Crippen molar-refractivity contribution in [3.05, 3.63) is 29.3 Å². The molecule has 2 aliphatic heterocycles. The van der Waals surface area contributed by atoms with Crippen molar-refractivity contribution in [1.29, 1.82) is 0 Å². The fourth-order valence-corrected chi connectivity index (χ4v) is 3.46. The number of benzene rings is 1. The van der Waals surface area contributed by atoms with E-state index in [1.807, 2.05) is 24.3 Å². The maximum Gasteiger partial charge on any atom is 0.237 e. The minimum atomic E-state index is 0. The number of piperidine rings is 1. The third-order valence-corrected chi connectivity index (χ3v) is 5.05. The predicted octanol–water partition coefficient (Wildman–Crippen LogP) is 2.47. The molecule has 1 aromatic rings. The van der Waals surface area contributed by atoms with E-state index in [2.05, 4.69) is 15.5 Å². The Bertz CT molecular complexity index is 528. The SMILES string of the molecule is Cl.O=C(NC1CCN(CCOc2ccc(Cl)cc2)CC1)[C@@H]1CCCN1. The van der Waals surface area contributed by atoms with Crippen LogP contribution >= 0.6 is 24.0 Å². The smallest absolute Gasteiger partial charge is 0.237 e. The summed E-state index contributed by atoms with van der Waals surface area (Å²) >= 11 is 5.86. The number of amides is 1. The number of rotatable bonds is 6. The van der Waals surface area contributed by atoms with E-state index in [1.54, 1.807) is 0 Å². The van der Waals surface area contributed by atoms with Crippen LogP contribution in [0.4, 0.5) is 0 Å². The van der Waals surface area contributed by atoms with Gasteiger partial charge in [-0.1, -0.05) is 11.6 Å². The summed E-state index contributed by atoms with van der Waals surface area (Å²) in [6.07, 6.45) is 4.09. The van der Waals surface area contributed by atoms with Crippen LogP contribution < -0.4 is 15.4 Å². The van der Waals surface area contributed by atoms with E-state index in [0.29, 0.717) is 12.6 Å². The maximum absolute atomic E-state index is 12.1. The van der Waals surface area contributed by atoms with Crippen LogP contribution in [0.3, 0.4) is 0 Å². The number of carbonyl (C=O) groups excluding carboxylic acids is 1. The summed E-state index contributed by atoms with van der Waals surface area (Å²) in [5.41, 5.74) is 0. The Morgan fingerprint density at radius 3 is 2.60 bits per heavy atom. The van der Waals surface area contributed by atoms with Crippen LogP contribution in [-0.4, -0.2) is 55.7 Å². The summed E-state index contributed by atoms with van der Waals surface area (Å²) in [6.45, 7) is 4.56. The molecule has 2 saturated heterocycles. The van der Waals surface area contributed by atoms with E-state index >= 15 is 0 Å². The Balaban J connectivity index is 0.00000225. The van der Waals surface area contributed by atoms with Gasteiger partial charge in [0.05, 0.1) is 6.04 Å². The minimum Gasteiger partial charge on any atom is -0.492 e. The van der Waals surface area contributed by atoms with Crippen molar-refractivity contribution in [2.24, 2.45) is 0 Å². The Morgan fingerprint density at radius 1 is 1.24 bits per heavy atom. The zero-order chi connectivity index (χ0) is 16.8. The minimum absolute atomic E-state index is 0. The number of likely N-dealkylation sites (tertiary alicyclic amines) is 1. The van der Waals surface area contributed by atoms with Gasteiger partial charge in [0.2, 0.25) is 5.91 Å². The predicted molar refractivity (Wildman–Crippen MR) is 103 cm³/mol. The summed E-state index contributed by atoms with van der Waals surface area (Å²) in [7, 11) is 0. The lowest BCUT2D eigenvalue weighted by Gasteiger charge is -2.32. The fourth-order valence-electron chi connectivity index (χ4n) is 3.33. The summed E-state index contributed by atoms with van der Waals surface area (Å²) in [4.78, 5) is 14.5. The summed E-state index contributed by atoms with van der Waals surface area (Å²) < 4.78 is 5.74. The lowest BCUT2D eigenvalue weighted by atomic mass is 10.0. The first-order valence-electron chi connectivity index (χ1n) is 8.85. The van der Waals surface area contributed by atoms with Gasteiger partial charge in [-0.15, -0.1) is 12.4 Å². The van der Waals surface area contributed by atoms with Crippen LogP contribution in [0.5, 0.6) is 5.75 Å². The van der Waals surface area contributed by atoms with Crippen molar-refractivity contribution in [2.45, 2.75) is 37.8 Å². The van der Waals surface area contributed by atoms with Crippen molar-refractivity contribution in [3.63, 3.8) is 0 Å². The standard InChI is InChI=1S/C18H26ClN3O2.ClH/c19-14-3-5-16(6-4-14)24-13-12-22-10-7-15(8-11-22)21-18(23)17-2-1-9-20-17;/h3-6,15,17,20H,1-2,7-13H2,(H,21,23);1H/t17-;/m0./s1. The molecule has 140 valence electrons. The number of nitrogens with one attached hydrogen (secondary N) is 2. The number of carbonyl (C=O) groups is 1. The second-order valence-corrected chi connectivity index (χ2v) is 7.01. The van der Waals surface area contributed by atoms with Crippen molar-refractivity contribution in [3.8, 4) is 5.75 Å². The summed E-state index contributed by atoms with van der Waals surface area (Å²) in [5.74, 6) is 1.03. The quantitative estimate of drug-likeness (QED) is 0.786. The van der Waals surface area contributed by atoms with Gasteiger partial charge in [0.1, 0.15) is 12.4 Å². The van der Waals surface area contributed by atoms with Crippen LogP contribution in [0.15, 0.2) is 24.3 Å². The molecule has 0 spiro atoms. The normalized spacial score (nSPS) is 21.6. The van der Waals surface area contributed by atoms with Crippen LogP contribution in [0, 0.1) is 0 Å². The van der Waals surface area contributed by atoms with Crippen molar-refractivity contribution >= 4 is 29.9 Å². The Morgan fingerprint density at radius 2 is 1.96 bits per heavy atom. The number of halogens is 2. The van der Waals surface area contributed by atoms with Gasteiger partial charge in [0, 0.05) is 30.7 Å². The molecule has 0 bridgehead atoms. The van der Waals surface area contributed by atoms with Gasteiger partial charge >= 0.3 is 0 Å². The number of hydrogen-bond donors (Lipinski definition) is 2. The molecule has 2 aliphatic rings. The molecule has 0 saturated carbocycles. The van der Waals surface area contributed by atoms with Crippen molar-refractivity contribution < 1.29 is 9.53 Å². The summed E-state index contributed by atoms with van der Waals surface area (Å²) in [5, 5.41) is 7.17. The highest BCUT2D eigenvalue weighted by atomic mass is 35.5. The average Bonchev–Trinajstić information content (AvgIpc) is 3.13. The first-order chi connectivity index (χ1) is 11.7. The molecule has 0 unspecified atom stereocenters. The van der Waals surface area contributed by atoms with Gasteiger partial charge < -0.3 is 15.4 Å². The van der Waals surface area contributed by atoms with Crippen molar-refractivity contribution in [2.75, 3.05) is 32.8 Å². The van der Waals surface area contributed by atoms with E-state index < -0.39 is 0 Å². The molecule has 3 rings (SSSR count).